The third-order valence-corrected chi connectivity index (χ3v) is 4.51. The average Bonchev–Trinajstić information content (AvgIpc) is 3.18. The predicted octanol–water partition coefficient (Wildman–Crippen LogP) is 2.37. The lowest BCUT2D eigenvalue weighted by Crippen LogP contribution is -2.17. The van der Waals surface area contributed by atoms with Crippen molar-refractivity contribution in [3.63, 3.8) is 0 Å². The Kier molecular flexibility index (Phi) is 5.93. The van der Waals surface area contributed by atoms with E-state index in [0.717, 1.165) is 48.6 Å². The summed E-state index contributed by atoms with van der Waals surface area (Å²) >= 11 is 0. The van der Waals surface area contributed by atoms with E-state index in [1.807, 2.05) is 31.2 Å². The number of nitrogens with one attached hydrogen (secondary N) is 1. The van der Waals surface area contributed by atoms with Crippen LogP contribution in [-0.2, 0) is 13.0 Å². The highest BCUT2D eigenvalue weighted by Gasteiger charge is 2.19. The number of nitrogens with zero attached hydrogens (tertiary/aromatic N) is 7. The van der Waals surface area contributed by atoms with Crippen molar-refractivity contribution in [3.8, 4) is 17.3 Å². The molecule has 146 valence electrons. The normalized spacial score (nSPS) is 13.3. The van der Waals surface area contributed by atoms with Gasteiger partial charge in [-0.2, -0.15) is 4.68 Å². The third-order valence-electron chi connectivity index (χ3n) is 4.51. The molecule has 0 fully saturated rings. The molecule has 0 bridgehead atoms. The van der Waals surface area contributed by atoms with Crippen molar-refractivity contribution in [1.29, 1.82) is 0 Å². The van der Waals surface area contributed by atoms with E-state index in [-0.39, 0.29) is 24.8 Å². The minimum atomic E-state index is 0. The Balaban J connectivity index is 0.00000112. The molecule has 1 aliphatic rings. The molecule has 0 saturated carbocycles. The van der Waals surface area contributed by atoms with Crippen LogP contribution in [0, 0.1) is 6.92 Å². The standard InChI is InChI=1S/C18H18N8.2ClH/c1-12-21-18(15-11-25-9-8-19-7-6-16(25)23-15)26(24-12)17-10-20-13-4-2-3-5-14(13)22-17;;/h2-5,10-11,19H,6-9H2,1H3;2*1H. The molecule has 4 heterocycles. The minimum Gasteiger partial charge on any atom is -0.333 e. The second-order valence-corrected chi connectivity index (χ2v) is 6.35. The first-order valence-electron chi connectivity index (χ1n) is 8.71. The summed E-state index contributed by atoms with van der Waals surface area (Å²) in [7, 11) is 0. The third kappa shape index (κ3) is 3.58. The monoisotopic (exact) mass is 418 g/mol. The predicted molar refractivity (Wildman–Crippen MR) is 111 cm³/mol. The van der Waals surface area contributed by atoms with Crippen molar-refractivity contribution >= 4 is 35.8 Å². The van der Waals surface area contributed by atoms with Crippen LogP contribution in [0.3, 0.4) is 0 Å². The first kappa shape index (κ1) is 20.2. The zero-order valence-corrected chi connectivity index (χ0v) is 16.9. The molecule has 28 heavy (non-hydrogen) atoms. The molecule has 4 aromatic rings. The zero-order valence-electron chi connectivity index (χ0n) is 15.2. The van der Waals surface area contributed by atoms with Crippen molar-refractivity contribution in [3.05, 3.63) is 48.3 Å². The number of rotatable bonds is 2. The maximum atomic E-state index is 4.79. The van der Waals surface area contributed by atoms with Crippen LogP contribution in [0.25, 0.3) is 28.4 Å². The first-order chi connectivity index (χ1) is 12.8. The molecule has 0 unspecified atom stereocenters. The molecule has 10 heteroatoms. The zero-order chi connectivity index (χ0) is 17.5. The fourth-order valence-electron chi connectivity index (χ4n) is 3.27. The number of para-hydroxylation sites is 2. The number of aryl methyl sites for hydroxylation is 1. The van der Waals surface area contributed by atoms with Crippen LogP contribution < -0.4 is 5.32 Å². The van der Waals surface area contributed by atoms with Crippen molar-refractivity contribution in [2.45, 2.75) is 19.9 Å². The fourth-order valence-corrected chi connectivity index (χ4v) is 3.27. The number of hydrogen-bond donors (Lipinski definition) is 1. The number of fused-ring (bicyclic) bond motifs is 2. The molecule has 0 amide bonds. The van der Waals surface area contributed by atoms with Crippen molar-refractivity contribution in [1.82, 2.24) is 39.6 Å². The summed E-state index contributed by atoms with van der Waals surface area (Å²) in [6.45, 7) is 4.67. The molecule has 1 aliphatic heterocycles. The van der Waals surface area contributed by atoms with E-state index in [2.05, 4.69) is 31.1 Å². The Morgan fingerprint density at radius 1 is 1.00 bits per heavy atom. The smallest absolute Gasteiger partial charge is 0.185 e. The first-order valence-corrected chi connectivity index (χ1v) is 8.71. The summed E-state index contributed by atoms with van der Waals surface area (Å²) in [5.41, 5.74) is 2.50. The van der Waals surface area contributed by atoms with E-state index in [1.54, 1.807) is 10.9 Å². The van der Waals surface area contributed by atoms with E-state index in [4.69, 9.17) is 9.97 Å². The van der Waals surface area contributed by atoms with Crippen LogP contribution in [0.5, 0.6) is 0 Å². The highest BCUT2D eigenvalue weighted by molar-refractivity contribution is 5.85. The lowest BCUT2D eigenvalue weighted by atomic mass is 10.3. The summed E-state index contributed by atoms with van der Waals surface area (Å²) in [6.07, 6.45) is 4.69. The van der Waals surface area contributed by atoms with Crippen molar-refractivity contribution in [2.24, 2.45) is 0 Å². The van der Waals surface area contributed by atoms with Gasteiger partial charge >= 0.3 is 0 Å². The van der Waals surface area contributed by atoms with Gasteiger partial charge in [0.05, 0.1) is 17.2 Å². The van der Waals surface area contributed by atoms with Gasteiger partial charge in [-0.05, 0) is 19.1 Å². The average molecular weight is 419 g/mol. The van der Waals surface area contributed by atoms with Crippen LogP contribution in [0.4, 0.5) is 0 Å². The summed E-state index contributed by atoms with van der Waals surface area (Å²) in [6, 6.07) is 7.80. The molecule has 8 nitrogen and oxygen atoms in total. The van der Waals surface area contributed by atoms with Gasteiger partial charge in [0.15, 0.2) is 11.6 Å². The summed E-state index contributed by atoms with van der Waals surface area (Å²) < 4.78 is 3.92. The molecule has 0 aliphatic carbocycles. The second kappa shape index (κ2) is 8.22. The number of aromatic nitrogens is 7. The highest BCUT2D eigenvalue weighted by Crippen LogP contribution is 2.21. The second-order valence-electron chi connectivity index (χ2n) is 6.35. The number of halogens is 2. The van der Waals surface area contributed by atoms with Gasteiger partial charge in [-0.3, -0.25) is 4.98 Å². The van der Waals surface area contributed by atoms with Gasteiger partial charge in [0, 0.05) is 32.3 Å². The Bertz CT molecular complexity index is 1080. The largest absolute Gasteiger partial charge is 0.333 e. The van der Waals surface area contributed by atoms with Crippen LogP contribution >= 0.6 is 24.8 Å². The Labute approximate surface area is 174 Å². The maximum absolute atomic E-state index is 4.79. The van der Waals surface area contributed by atoms with Gasteiger partial charge in [-0.15, -0.1) is 29.9 Å². The SMILES string of the molecule is Cc1nc(-c2cn3c(n2)CCNCC3)n(-c2cnc3ccccc3n2)n1.Cl.Cl. The van der Waals surface area contributed by atoms with Gasteiger partial charge in [-0.25, -0.2) is 15.0 Å². The lowest BCUT2D eigenvalue weighted by Gasteiger charge is -2.04. The molecular weight excluding hydrogens is 399 g/mol. The number of benzene rings is 1. The van der Waals surface area contributed by atoms with Gasteiger partial charge in [0.25, 0.3) is 0 Å². The minimum absolute atomic E-state index is 0. The van der Waals surface area contributed by atoms with Gasteiger partial charge in [0.2, 0.25) is 0 Å². The molecular formula is C18H20Cl2N8. The molecule has 0 spiro atoms. The number of imidazole rings is 1. The van der Waals surface area contributed by atoms with Gasteiger partial charge in [-0.1, -0.05) is 12.1 Å². The van der Waals surface area contributed by atoms with Crippen molar-refractivity contribution in [2.75, 3.05) is 13.1 Å². The fraction of sp³-hybridized carbons (Fsp3) is 0.278. The van der Waals surface area contributed by atoms with Crippen LogP contribution in [0.2, 0.25) is 0 Å². The Hall–Kier alpha value is -2.55. The van der Waals surface area contributed by atoms with E-state index in [9.17, 15) is 0 Å². The van der Waals surface area contributed by atoms with Gasteiger partial charge in [0.1, 0.15) is 17.3 Å². The van der Waals surface area contributed by atoms with Crippen molar-refractivity contribution < 1.29 is 0 Å². The van der Waals surface area contributed by atoms with Crippen LogP contribution in [0.15, 0.2) is 36.7 Å². The highest BCUT2D eigenvalue weighted by atomic mass is 35.5. The molecule has 0 radical (unpaired) electrons. The molecule has 1 aromatic carbocycles. The Morgan fingerprint density at radius 2 is 1.82 bits per heavy atom. The summed E-state index contributed by atoms with van der Waals surface area (Å²) in [5.74, 6) is 3.09. The Morgan fingerprint density at radius 3 is 2.68 bits per heavy atom. The van der Waals surface area contributed by atoms with Crippen LogP contribution in [0.1, 0.15) is 11.6 Å². The number of hydrogen-bond acceptors (Lipinski definition) is 6. The van der Waals surface area contributed by atoms with E-state index < -0.39 is 0 Å². The van der Waals surface area contributed by atoms with E-state index in [1.165, 1.54) is 0 Å². The summed E-state index contributed by atoms with van der Waals surface area (Å²) in [5, 5.41) is 7.92. The summed E-state index contributed by atoms with van der Waals surface area (Å²) in [4.78, 5) is 18.6. The molecule has 1 N–H and O–H groups in total. The van der Waals surface area contributed by atoms with E-state index in [0.29, 0.717) is 17.5 Å². The van der Waals surface area contributed by atoms with Gasteiger partial charge < -0.3 is 9.88 Å². The maximum Gasteiger partial charge on any atom is 0.185 e. The quantitative estimate of drug-likeness (QED) is 0.537. The van der Waals surface area contributed by atoms with E-state index >= 15 is 0 Å². The molecule has 0 saturated heterocycles. The molecule has 5 rings (SSSR count). The lowest BCUT2D eigenvalue weighted by molar-refractivity contribution is 0.646. The molecule has 0 atom stereocenters. The van der Waals surface area contributed by atoms with Crippen LogP contribution in [-0.4, -0.2) is 47.4 Å². The molecule has 3 aromatic heterocycles. The topological polar surface area (TPSA) is 86.3 Å².